The molecule has 25 heavy (non-hydrogen) atoms. The summed E-state index contributed by atoms with van der Waals surface area (Å²) in [6.45, 7) is 4.10. The van der Waals surface area contributed by atoms with Gasteiger partial charge >= 0.3 is 5.97 Å². The summed E-state index contributed by atoms with van der Waals surface area (Å²) in [4.78, 5) is 17.5. The van der Waals surface area contributed by atoms with Gasteiger partial charge < -0.3 is 15.3 Å². The van der Waals surface area contributed by atoms with Crippen molar-refractivity contribution in [1.82, 2.24) is 9.88 Å². The number of nitrogens with zero attached hydrogens (tertiary/aromatic N) is 2. The largest absolute Gasteiger partial charge is 0.481 e. The second kappa shape index (κ2) is 12.6. The maximum atomic E-state index is 12.4. The van der Waals surface area contributed by atoms with Crippen LogP contribution in [-0.2, 0) is 17.6 Å². The van der Waals surface area contributed by atoms with Gasteiger partial charge in [0.15, 0.2) is 0 Å². The number of hydrogen-bond donors (Lipinski definition) is 2. The van der Waals surface area contributed by atoms with Crippen LogP contribution in [-0.4, -0.2) is 54.3 Å². The maximum absolute atomic E-state index is 12.4. The van der Waals surface area contributed by atoms with E-state index in [1.165, 1.54) is 5.56 Å². The third-order valence-electron chi connectivity index (χ3n) is 4.28. The molecule has 2 N–H and O–H groups in total. The molecule has 5 nitrogen and oxygen atoms in total. The number of alkyl halides is 1. The Bertz CT molecular complexity index is 511. The molecule has 0 unspecified atom stereocenters. The quantitative estimate of drug-likeness (QED) is 0.501. The number of aliphatic carboxylic acids is 1. The van der Waals surface area contributed by atoms with E-state index in [4.69, 9.17) is 5.11 Å². The smallest absolute Gasteiger partial charge is 0.303 e. The Morgan fingerprint density at radius 1 is 1.20 bits per heavy atom. The summed E-state index contributed by atoms with van der Waals surface area (Å²) in [5.74, 6) is 0.186. The van der Waals surface area contributed by atoms with Crippen molar-refractivity contribution in [3.05, 3.63) is 23.4 Å². The summed E-state index contributed by atoms with van der Waals surface area (Å²) >= 11 is 0. The molecule has 0 radical (unpaired) electrons. The first kappa shape index (κ1) is 21.4. The van der Waals surface area contributed by atoms with Crippen molar-refractivity contribution in [2.45, 2.75) is 51.9 Å². The molecule has 0 amide bonds. The van der Waals surface area contributed by atoms with Gasteiger partial charge in [0.05, 0.1) is 6.67 Å². The highest BCUT2D eigenvalue weighted by molar-refractivity contribution is 5.66. The van der Waals surface area contributed by atoms with Crippen LogP contribution in [0, 0.1) is 0 Å². The molecule has 1 aromatic heterocycles. The highest BCUT2D eigenvalue weighted by atomic mass is 19.1. The summed E-state index contributed by atoms with van der Waals surface area (Å²) in [5, 5.41) is 11.9. The lowest BCUT2D eigenvalue weighted by Crippen LogP contribution is -2.28. The average molecular weight is 353 g/mol. The van der Waals surface area contributed by atoms with E-state index in [1.807, 2.05) is 7.05 Å². The highest BCUT2D eigenvalue weighted by Gasteiger charge is 2.07. The first-order valence-electron chi connectivity index (χ1n) is 9.27. The van der Waals surface area contributed by atoms with Crippen LogP contribution in [0.1, 0.15) is 50.3 Å². The molecule has 0 aliphatic carbocycles. The van der Waals surface area contributed by atoms with Crippen molar-refractivity contribution in [2.75, 3.05) is 38.7 Å². The van der Waals surface area contributed by atoms with Crippen LogP contribution in [0.15, 0.2) is 12.1 Å². The number of hydrogen-bond acceptors (Lipinski definition) is 4. The first-order valence-corrected chi connectivity index (χ1v) is 9.27. The predicted octanol–water partition coefficient (Wildman–Crippen LogP) is 3.53. The highest BCUT2D eigenvalue weighted by Crippen LogP contribution is 2.15. The molecule has 0 aliphatic heterocycles. The van der Waals surface area contributed by atoms with Crippen LogP contribution in [0.2, 0.25) is 0 Å². The van der Waals surface area contributed by atoms with Gasteiger partial charge in [-0.2, -0.15) is 0 Å². The molecule has 142 valence electrons. The maximum Gasteiger partial charge on any atom is 0.303 e. The van der Waals surface area contributed by atoms with E-state index in [9.17, 15) is 9.18 Å². The number of pyridine rings is 1. The molecule has 0 saturated heterocycles. The number of anilines is 1. The number of aryl methyl sites for hydroxylation is 2. The van der Waals surface area contributed by atoms with Gasteiger partial charge in [-0.15, -0.1) is 0 Å². The summed E-state index contributed by atoms with van der Waals surface area (Å²) < 4.78 is 12.4. The van der Waals surface area contributed by atoms with Crippen molar-refractivity contribution in [2.24, 2.45) is 0 Å². The number of rotatable bonds is 14. The minimum atomic E-state index is -0.771. The fourth-order valence-corrected chi connectivity index (χ4v) is 2.88. The van der Waals surface area contributed by atoms with Gasteiger partial charge in [-0.1, -0.05) is 13.0 Å². The average Bonchev–Trinajstić information content (AvgIpc) is 2.62. The lowest BCUT2D eigenvalue weighted by Gasteiger charge is -2.21. The van der Waals surface area contributed by atoms with E-state index in [0.717, 1.165) is 50.3 Å². The fourth-order valence-electron chi connectivity index (χ4n) is 2.88. The molecule has 1 rings (SSSR count). The summed E-state index contributed by atoms with van der Waals surface area (Å²) in [6, 6.07) is 4.22. The van der Waals surface area contributed by atoms with E-state index in [1.54, 1.807) is 0 Å². The van der Waals surface area contributed by atoms with Crippen molar-refractivity contribution in [3.63, 3.8) is 0 Å². The summed E-state index contributed by atoms with van der Waals surface area (Å²) in [7, 11) is 1.89. The van der Waals surface area contributed by atoms with Crippen LogP contribution in [0.5, 0.6) is 0 Å². The SMILES string of the molecule is CCc1ccc(CCCCN(CCCF)CCCC(=O)O)nc1NC. The Morgan fingerprint density at radius 2 is 1.92 bits per heavy atom. The standard InChI is InChI=1S/C19H32FN3O2/c1-3-16-10-11-17(22-19(16)21-2)8-4-5-13-23(15-7-12-20)14-6-9-18(24)25/h10-11H,3-9,12-15H2,1-2H3,(H,21,22)(H,24,25). The van der Waals surface area contributed by atoms with E-state index < -0.39 is 5.97 Å². The second-order valence-electron chi connectivity index (χ2n) is 6.25. The molecule has 0 atom stereocenters. The van der Waals surface area contributed by atoms with Crippen LogP contribution >= 0.6 is 0 Å². The van der Waals surface area contributed by atoms with Gasteiger partial charge in [0.2, 0.25) is 0 Å². The molecule has 0 aliphatic rings. The third-order valence-corrected chi connectivity index (χ3v) is 4.28. The van der Waals surface area contributed by atoms with Gasteiger partial charge in [-0.3, -0.25) is 9.18 Å². The zero-order chi connectivity index (χ0) is 18.5. The third kappa shape index (κ3) is 8.82. The van der Waals surface area contributed by atoms with Crippen molar-refractivity contribution in [3.8, 4) is 0 Å². The lowest BCUT2D eigenvalue weighted by atomic mass is 10.1. The van der Waals surface area contributed by atoms with Crippen LogP contribution < -0.4 is 5.32 Å². The topological polar surface area (TPSA) is 65.5 Å². The predicted molar refractivity (Wildman–Crippen MR) is 100 cm³/mol. The molecule has 0 aromatic carbocycles. The molecular weight excluding hydrogens is 321 g/mol. The monoisotopic (exact) mass is 353 g/mol. The van der Waals surface area contributed by atoms with Crippen LogP contribution in [0.25, 0.3) is 0 Å². The summed E-state index contributed by atoms with van der Waals surface area (Å²) in [6.07, 6.45) is 5.21. The summed E-state index contributed by atoms with van der Waals surface area (Å²) in [5.41, 5.74) is 2.31. The van der Waals surface area contributed by atoms with E-state index in [-0.39, 0.29) is 13.1 Å². The molecule has 0 spiro atoms. The first-order chi connectivity index (χ1) is 12.1. The molecule has 0 fully saturated rings. The van der Waals surface area contributed by atoms with Gasteiger partial charge in [-0.05, 0) is 63.2 Å². The molecular formula is C19H32FN3O2. The Labute approximate surface area is 150 Å². The van der Waals surface area contributed by atoms with Crippen molar-refractivity contribution < 1.29 is 14.3 Å². The van der Waals surface area contributed by atoms with Crippen LogP contribution in [0.4, 0.5) is 10.2 Å². The number of carboxylic acids is 1. The van der Waals surface area contributed by atoms with Gasteiger partial charge in [0, 0.05) is 25.7 Å². The molecule has 6 heteroatoms. The molecule has 0 bridgehead atoms. The van der Waals surface area contributed by atoms with Gasteiger partial charge in [0.25, 0.3) is 0 Å². The number of unbranched alkanes of at least 4 members (excludes halogenated alkanes) is 1. The minimum absolute atomic E-state index is 0.173. The number of aromatic nitrogens is 1. The van der Waals surface area contributed by atoms with E-state index in [2.05, 4.69) is 34.3 Å². The number of nitrogens with one attached hydrogen (secondary N) is 1. The van der Waals surface area contributed by atoms with Crippen LogP contribution in [0.3, 0.4) is 0 Å². The fraction of sp³-hybridized carbons (Fsp3) is 0.684. The number of halogens is 1. The zero-order valence-corrected chi connectivity index (χ0v) is 15.6. The zero-order valence-electron chi connectivity index (χ0n) is 15.6. The second-order valence-corrected chi connectivity index (χ2v) is 6.25. The van der Waals surface area contributed by atoms with Gasteiger partial charge in [0.1, 0.15) is 5.82 Å². The Kier molecular flexibility index (Phi) is 10.8. The Hall–Kier alpha value is -1.69. The normalized spacial score (nSPS) is 11.0. The minimum Gasteiger partial charge on any atom is -0.481 e. The number of carbonyl (C=O) groups is 1. The molecule has 1 aromatic rings. The lowest BCUT2D eigenvalue weighted by molar-refractivity contribution is -0.137. The Balaban J connectivity index is 2.37. The van der Waals surface area contributed by atoms with E-state index >= 15 is 0 Å². The van der Waals surface area contributed by atoms with Crippen molar-refractivity contribution in [1.29, 1.82) is 0 Å². The Morgan fingerprint density at radius 3 is 2.56 bits per heavy atom. The van der Waals surface area contributed by atoms with Gasteiger partial charge in [-0.25, -0.2) is 4.98 Å². The molecule has 0 saturated carbocycles. The van der Waals surface area contributed by atoms with Crippen molar-refractivity contribution >= 4 is 11.8 Å². The number of carboxylic acid groups (broad SMARTS) is 1. The molecule has 1 heterocycles. The van der Waals surface area contributed by atoms with E-state index in [0.29, 0.717) is 19.4 Å².